The third-order valence-electron chi connectivity index (χ3n) is 4.05. The zero-order valence-corrected chi connectivity index (χ0v) is 11.4. The molecular weight excluding hydrogens is 240 g/mol. The van der Waals surface area contributed by atoms with E-state index in [4.69, 9.17) is 16.2 Å². The lowest BCUT2D eigenvalue weighted by Crippen LogP contribution is -2.54. The number of primary amides is 1. The van der Waals surface area contributed by atoms with Gasteiger partial charge in [-0.25, -0.2) is 0 Å². The molecule has 4 nitrogen and oxygen atoms in total. The maximum atomic E-state index is 11.5. The van der Waals surface area contributed by atoms with Crippen molar-refractivity contribution >= 4 is 5.91 Å². The summed E-state index contributed by atoms with van der Waals surface area (Å²) >= 11 is 0. The molecule has 1 aliphatic rings. The van der Waals surface area contributed by atoms with Crippen molar-refractivity contribution in [2.24, 2.45) is 17.4 Å². The SMILES string of the molecule is Cc1cccc(OCCC2CCCC2(N)C(N)=O)c1. The van der Waals surface area contributed by atoms with E-state index in [1.807, 2.05) is 31.2 Å². The Morgan fingerprint density at radius 1 is 1.53 bits per heavy atom. The number of hydrogen-bond donors (Lipinski definition) is 2. The quantitative estimate of drug-likeness (QED) is 0.848. The van der Waals surface area contributed by atoms with Gasteiger partial charge in [0.25, 0.3) is 0 Å². The van der Waals surface area contributed by atoms with Crippen LogP contribution < -0.4 is 16.2 Å². The van der Waals surface area contributed by atoms with Gasteiger partial charge in [-0.2, -0.15) is 0 Å². The second-order valence-electron chi connectivity index (χ2n) is 5.45. The minimum atomic E-state index is -0.837. The molecule has 1 aromatic rings. The molecule has 1 amide bonds. The van der Waals surface area contributed by atoms with Crippen LogP contribution >= 0.6 is 0 Å². The van der Waals surface area contributed by atoms with Crippen molar-refractivity contribution < 1.29 is 9.53 Å². The Morgan fingerprint density at radius 2 is 2.32 bits per heavy atom. The minimum absolute atomic E-state index is 0.134. The summed E-state index contributed by atoms with van der Waals surface area (Å²) in [6, 6.07) is 7.93. The molecule has 0 saturated heterocycles. The third-order valence-corrected chi connectivity index (χ3v) is 4.05. The first-order valence-electron chi connectivity index (χ1n) is 6.80. The van der Waals surface area contributed by atoms with Crippen LogP contribution in [0.5, 0.6) is 5.75 Å². The number of carbonyl (C=O) groups is 1. The number of hydrogen-bond acceptors (Lipinski definition) is 3. The molecule has 1 fully saturated rings. The first kappa shape index (κ1) is 13.9. The van der Waals surface area contributed by atoms with Crippen molar-refractivity contribution in [3.63, 3.8) is 0 Å². The van der Waals surface area contributed by atoms with Crippen molar-refractivity contribution in [2.45, 2.75) is 38.1 Å². The number of rotatable bonds is 5. The second-order valence-corrected chi connectivity index (χ2v) is 5.45. The van der Waals surface area contributed by atoms with Gasteiger partial charge in [0.05, 0.1) is 12.1 Å². The first-order chi connectivity index (χ1) is 9.02. The summed E-state index contributed by atoms with van der Waals surface area (Å²) in [4.78, 5) is 11.5. The highest BCUT2D eigenvalue weighted by Crippen LogP contribution is 2.35. The van der Waals surface area contributed by atoms with Gasteiger partial charge in [0.1, 0.15) is 5.75 Å². The van der Waals surface area contributed by atoms with Crippen LogP contribution in [0.25, 0.3) is 0 Å². The molecule has 0 spiro atoms. The predicted molar refractivity (Wildman–Crippen MR) is 74.7 cm³/mol. The Hall–Kier alpha value is -1.55. The number of benzene rings is 1. The minimum Gasteiger partial charge on any atom is -0.494 e. The number of amides is 1. The summed E-state index contributed by atoms with van der Waals surface area (Å²) in [6.07, 6.45) is 3.38. The summed E-state index contributed by atoms with van der Waals surface area (Å²) in [5.74, 6) is 0.611. The maximum Gasteiger partial charge on any atom is 0.237 e. The zero-order chi connectivity index (χ0) is 13.9. The van der Waals surface area contributed by atoms with Gasteiger partial charge in [0.2, 0.25) is 5.91 Å². The van der Waals surface area contributed by atoms with Crippen molar-refractivity contribution in [1.29, 1.82) is 0 Å². The fourth-order valence-corrected chi connectivity index (χ4v) is 2.85. The molecular formula is C15H22N2O2. The fourth-order valence-electron chi connectivity index (χ4n) is 2.85. The van der Waals surface area contributed by atoms with Crippen LogP contribution in [-0.4, -0.2) is 18.1 Å². The Morgan fingerprint density at radius 3 is 3.00 bits per heavy atom. The molecule has 0 radical (unpaired) electrons. The average molecular weight is 262 g/mol. The van der Waals surface area contributed by atoms with Gasteiger partial charge in [-0.1, -0.05) is 18.6 Å². The van der Waals surface area contributed by atoms with Crippen LogP contribution in [0.15, 0.2) is 24.3 Å². The summed E-state index contributed by atoms with van der Waals surface area (Å²) in [6.45, 7) is 2.60. The van der Waals surface area contributed by atoms with Gasteiger partial charge in [-0.15, -0.1) is 0 Å². The molecule has 1 aromatic carbocycles. The molecule has 0 aromatic heterocycles. The highest BCUT2D eigenvalue weighted by atomic mass is 16.5. The molecule has 2 atom stereocenters. The maximum absolute atomic E-state index is 11.5. The molecule has 4 N–H and O–H groups in total. The van der Waals surface area contributed by atoms with Crippen LogP contribution in [-0.2, 0) is 4.79 Å². The zero-order valence-electron chi connectivity index (χ0n) is 11.4. The second kappa shape index (κ2) is 5.61. The third kappa shape index (κ3) is 3.07. The van der Waals surface area contributed by atoms with E-state index in [1.54, 1.807) is 0 Å². The van der Waals surface area contributed by atoms with Crippen molar-refractivity contribution in [2.75, 3.05) is 6.61 Å². The lowest BCUT2D eigenvalue weighted by molar-refractivity contribution is -0.124. The Bertz CT molecular complexity index is 461. The van der Waals surface area contributed by atoms with Gasteiger partial charge in [0, 0.05) is 0 Å². The van der Waals surface area contributed by atoms with Gasteiger partial charge < -0.3 is 16.2 Å². The van der Waals surface area contributed by atoms with Crippen LogP contribution in [0, 0.1) is 12.8 Å². The van der Waals surface area contributed by atoms with E-state index < -0.39 is 5.54 Å². The van der Waals surface area contributed by atoms with E-state index in [2.05, 4.69) is 0 Å². The van der Waals surface area contributed by atoms with Gasteiger partial charge in [-0.05, 0) is 49.8 Å². The summed E-state index contributed by atoms with van der Waals surface area (Å²) in [5.41, 5.74) is 11.9. The summed E-state index contributed by atoms with van der Waals surface area (Å²) in [7, 11) is 0. The summed E-state index contributed by atoms with van der Waals surface area (Å²) in [5, 5.41) is 0. The van der Waals surface area contributed by atoms with Gasteiger partial charge >= 0.3 is 0 Å². The number of ether oxygens (including phenoxy) is 1. The Balaban J connectivity index is 1.87. The number of nitrogens with two attached hydrogens (primary N) is 2. The van der Waals surface area contributed by atoms with E-state index in [-0.39, 0.29) is 11.8 Å². The van der Waals surface area contributed by atoms with Crippen LogP contribution in [0.1, 0.15) is 31.2 Å². The topological polar surface area (TPSA) is 78.3 Å². The lowest BCUT2D eigenvalue weighted by Gasteiger charge is -2.27. The van der Waals surface area contributed by atoms with E-state index in [0.29, 0.717) is 13.0 Å². The normalized spacial score (nSPS) is 26.3. The molecule has 0 bridgehead atoms. The summed E-state index contributed by atoms with van der Waals surface area (Å²) < 4.78 is 5.71. The van der Waals surface area contributed by atoms with Crippen LogP contribution in [0.3, 0.4) is 0 Å². The highest BCUT2D eigenvalue weighted by Gasteiger charge is 2.43. The largest absolute Gasteiger partial charge is 0.494 e. The van der Waals surface area contributed by atoms with E-state index in [0.717, 1.165) is 25.0 Å². The molecule has 0 heterocycles. The van der Waals surface area contributed by atoms with Crippen LogP contribution in [0.4, 0.5) is 0 Å². The monoisotopic (exact) mass is 262 g/mol. The van der Waals surface area contributed by atoms with Crippen molar-refractivity contribution in [1.82, 2.24) is 0 Å². The molecule has 4 heteroatoms. The predicted octanol–water partition coefficient (Wildman–Crippen LogP) is 1.75. The molecule has 1 aliphatic carbocycles. The smallest absolute Gasteiger partial charge is 0.237 e. The van der Waals surface area contributed by atoms with E-state index in [1.165, 1.54) is 5.56 Å². The first-order valence-corrected chi connectivity index (χ1v) is 6.80. The Labute approximate surface area is 114 Å². The molecule has 1 saturated carbocycles. The molecule has 2 unspecified atom stereocenters. The molecule has 2 rings (SSSR count). The molecule has 0 aliphatic heterocycles. The van der Waals surface area contributed by atoms with Crippen molar-refractivity contribution in [3.8, 4) is 5.75 Å². The lowest BCUT2D eigenvalue weighted by atomic mass is 9.85. The number of aryl methyl sites for hydroxylation is 1. The molecule has 104 valence electrons. The van der Waals surface area contributed by atoms with Crippen LogP contribution in [0.2, 0.25) is 0 Å². The van der Waals surface area contributed by atoms with Gasteiger partial charge in [0.15, 0.2) is 0 Å². The van der Waals surface area contributed by atoms with E-state index >= 15 is 0 Å². The fraction of sp³-hybridized carbons (Fsp3) is 0.533. The Kier molecular flexibility index (Phi) is 4.10. The number of carbonyl (C=O) groups excluding carboxylic acids is 1. The van der Waals surface area contributed by atoms with E-state index in [9.17, 15) is 4.79 Å². The standard InChI is InChI=1S/C15H22N2O2/c1-11-4-2-6-13(10-11)19-9-7-12-5-3-8-15(12,17)14(16)18/h2,4,6,10,12H,3,5,7-9,17H2,1H3,(H2,16,18). The van der Waals surface area contributed by atoms with Gasteiger partial charge in [-0.3, -0.25) is 4.79 Å². The molecule has 19 heavy (non-hydrogen) atoms. The highest BCUT2D eigenvalue weighted by molar-refractivity contribution is 5.85. The average Bonchev–Trinajstić information content (AvgIpc) is 2.73. The van der Waals surface area contributed by atoms with Crippen molar-refractivity contribution in [3.05, 3.63) is 29.8 Å².